The highest BCUT2D eigenvalue weighted by Crippen LogP contribution is 2.16. The number of nitrogens with two attached hydrogens (primary N) is 1. The molecule has 0 spiro atoms. The number of primary amides is 1. The molecule has 90 valence electrons. The average Bonchev–Trinajstić information content (AvgIpc) is 2.73. The molecule has 1 heterocycles. The van der Waals surface area contributed by atoms with Crippen molar-refractivity contribution in [2.75, 3.05) is 19.6 Å². The van der Waals surface area contributed by atoms with Crippen LogP contribution in [-0.4, -0.2) is 48.3 Å². The van der Waals surface area contributed by atoms with Crippen molar-refractivity contribution in [3.8, 4) is 0 Å². The van der Waals surface area contributed by atoms with Gasteiger partial charge >= 0.3 is 0 Å². The van der Waals surface area contributed by atoms with Crippen LogP contribution in [0.25, 0.3) is 0 Å². The molecule has 1 aliphatic rings. The maximum absolute atomic E-state index is 11.6. The molecule has 1 fully saturated rings. The molecular weight excluding hydrogens is 212 g/mol. The Hall–Kier alpha value is -1.63. The first-order valence-corrected chi connectivity index (χ1v) is 5.21. The molecule has 3 amide bonds. The lowest BCUT2D eigenvalue weighted by molar-refractivity contribution is -0.357. The molecule has 16 heavy (non-hydrogen) atoms. The van der Waals surface area contributed by atoms with E-state index < -0.39 is 11.9 Å². The van der Waals surface area contributed by atoms with Gasteiger partial charge in [0.15, 0.2) is 6.54 Å². The highest BCUT2D eigenvalue weighted by molar-refractivity contribution is 5.90. The lowest BCUT2D eigenvalue weighted by Crippen LogP contribution is -2.60. The number of hydrogen-bond donors (Lipinski definition) is 3. The van der Waals surface area contributed by atoms with Crippen LogP contribution < -0.4 is 16.8 Å². The minimum atomic E-state index is -0.596. The lowest BCUT2D eigenvalue weighted by atomic mass is 10.2. The number of carbonyl (C=O) groups excluding carboxylic acids is 3. The summed E-state index contributed by atoms with van der Waals surface area (Å²) in [5.74, 6) is -1.06. The summed E-state index contributed by atoms with van der Waals surface area (Å²) >= 11 is 0. The Bertz CT molecular complexity index is 305. The monoisotopic (exact) mass is 229 g/mol. The van der Waals surface area contributed by atoms with Gasteiger partial charge < -0.3 is 21.7 Å². The molecule has 7 nitrogen and oxygen atoms in total. The Balaban J connectivity index is 2.54. The van der Waals surface area contributed by atoms with E-state index in [-0.39, 0.29) is 24.9 Å². The quantitative estimate of drug-likeness (QED) is 0.471. The number of amides is 3. The molecule has 0 radical (unpaired) electrons. The van der Waals surface area contributed by atoms with E-state index in [0.29, 0.717) is 13.0 Å². The normalized spacial score (nSPS) is 19.6. The summed E-state index contributed by atoms with van der Waals surface area (Å²) in [5, 5.41) is 2.41. The minimum absolute atomic E-state index is 0.138. The third-order valence-electron chi connectivity index (χ3n) is 2.53. The molecule has 1 rings (SSSR count). The molecule has 1 saturated heterocycles. The number of hydrogen-bond acceptors (Lipinski definition) is 3. The van der Waals surface area contributed by atoms with E-state index in [4.69, 9.17) is 5.73 Å². The van der Waals surface area contributed by atoms with Gasteiger partial charge in [0.25, 0.3) is 5.91 Å². The zero-order valence-electron chi connectivity index (χ0n) is 9.07. The zero-order chi connectivity index (χ0) is 12.1. The van der Waals surface area contributed by atoms with Crippen LogP contribution >= 0.6 is 0 Å². The second-order valence-electron chi connectivity index (χ2n) is 3.68. The summed E-state index contributed by atoms with van der Waals surface area (Å²) in [5.41, 5.74) is 8.42. The van der Waals surface area contributed by atoms with Gasteiger partial charge in [-0.3, -0.25) is 14.4 Å². The summed E-state index contributed by atoms with van der Waals surface area (Å²) in [7, 11) is 0. The molecule has 0 bridgehead atoms. The molecule has 1 aliphatic heterocycles. The van der Waals surface area contributed by atoms with Gasteiger partial charge in [0.2, 0.25) is 11.8 Å². The molecular formula is C9H17N4O3+. The van der Waals surface area contributed by atoms with E-state index in [9.17, 15) is 14.4 Å². The summed E-state index contributed by atoms with van der Waals surface area (Å²) in [4.78, 5) is 35.1. The first-order chi connectivity index (χ1) is 7.56. The Kier molecular flexibility index (Phi) is 4.24. The van der Waals surface area contributed by atoms with Crippen LogP contribution in [0.15, 0.2) is 0 Å². The molecule has 0 unspecified atom stereocenters. The topological polar surface area (TPSA) is 120 Å². The van der Waals surface area contributed by atoms with Crippen LogP contribution in [-0.2, 0) is 14.4 Å². The smallest absolute Gasteiger partial charge is 0.278 e. The first kappa shape index (κ1) is 12.4. The number of likely N-dealkylation sites (tertiary alicyclic amines) is 1. The van der Waals surface area contributed by atoms with Crippen molar-refractivity contribution in [3.05, 3.63) is 0 Å². The second kappa shape index (κ2) is 5.45. The van der Waals surface area contributed by atoms with Gasteiger partial charge in [0, 0.05) is 6.54 Å². The van der Waals surface area contributed by atoms with Crippen molar-refractivity contribution in [3.63, 3.8) is 0 Å². The van der Waals surface area contributed by atoms with E-state index in [1.165, 1.54) is 4.90 Å². The van der Waals surface area contributed by atoms with Gasteiger partial charge in [-0.15, -0.1) is 0 Å². The van der Waals surface area contributed by atoms with Gasteiger partial charge in [0.1, 0.15) is 6.04 Å². The second-order valence-corrected chi connectivity index (χ2v) is 3.68. The Morgan fingerprint density at radius 3 is 2.69 bits per heavy atom. The van der Waals surface area contributed by atoms with Crippen molar-refractivity contribution >= 4 is 17.7 Å². The lowest BCUT2D eigenvalue weighted by Gasteiger charge is -2.22. The van der Waals surface area contributed by atoms with E-state index >= 15 is 0 Å². The fourth-order valence-corrected chi connectivity index (χ4v) is 1.77. The standard InChI is InChI=1S/C9H16N4O3/c10-4-8(15)13-3-1-2-6(13)9(16)12-5-7(11)14/h6H,1-5,10H2,(H2,11,14)(H,12,16)/p+1/t6-/m0/s1. The van der Waals surface area contributed by atoms with Crippen LogP contribution in [0.4, 0.5) is 0 Å². The summed E-state index contributed by atoms with van der Waals surface area (Å²) < 4.78 is 0. The third kappa shape index (κ3) is 2.93. The van der Waals surface area contributed by atoms with Gasteiger partial charge in [-0.1, -0.05) is 0 Å². The zero-order valence-corrected chi connectivity index (χ0v) is 9.07. The van der Waals surface area contributed by atoms with E-state index in [2.05, 4.69) is 11.1 Å². The van der Waals surface area contributed by atoms with Gasteiger partial charge in [-0.2, -0.15) is 0 Å². The molecule has 1 atom stereocenters. The average molecular weight is 229 g/mol. The molecule has 0 aliphatic carbocycles. The highest BCUT2D eigenvalue weighted by Gasteiger charge is 2.33. The van der Waals surface area contributed by atoms with E-state index in [1.807, 2.05) is 0 Å². The summed E-state index contributed by atoms with van der Waals surface area (Å²) in [6, 6.07) is -0.478. The fourth-order valence-electron chi connectivity index (χ4n) is 1.77. The van der Waals surface area contributed by atoms with Crippen LogP contribution in [0.3, 0.4) is 0 Å². The number of carbonyl (C=O) groups is 3. The van der Waals surface area contributed by atoms with Gasteiger partial charge in [0.05, 0.1) is 6.54 Å². The minimum Gasteiger partial charge on any atom is -0.368 e. The number of quaternary nitrogens is 1. The maximum Gasteiger partial charge on any atom is 0.278 e. The van der Waals surface area contributed by atoms with Crippen LogP contribution in [0.1, 0.15) is 12.8 Å². The van der Waals surface area contributed by atoms with Crippen LogP contribution in [0.5, 0.6) is 0 Å². The molecule has 0 aromatic heterocycles. The predicted octanol–water partition coefficient (Wildman–Crippen LogP) is -3.18. The molecule has 0 aromatic carbocycles. The first-order valence-electron chi connectivity index (χ1n) is 5.21. The van der Waals surface area contributed by atoms with Crippen molar-refractivity contribution in [2.24, 2.45) is 5.73 Å². The van der Waals surface area contributed by atoms with Crippen molar-refractivity contribution in [1.29, 1.82) is 0 Å². The largest absolute Gasteiger partial charge is 0.368 e. The molecule has 6 N–H and O–H groups in total. The number of nitrogens with one attached hydrogen (secondary N) is 1. The molecule has 7 heteroatoms. The Morgan fingerprint density at radius 2 is 2.12 bits per heavy atom. The Morgan fingerprint density at radius 1 is 1.44 bits per heavy atom. The van der Waals surface area contributed by atoms with Crippen molar-refractivity contribution in [1.82, 2.24) is 10.2 Å². The Labute approximate surface area is 93.1 Å². The third-order valence-corrected chi connectivity index (χ3v) is 2.53. The molecule has 0 aromatic rings. The summed E-state index contributed by atoms with van der Waals surface area (Å²) in [6.07, 6.45) is 1.41. The number of rotatable bonds is 4. The SMILES string of the molecule is NC(=O)CNC(=O)[C@@H]1CCCN1C(=O)C[NH3+]. The van der Waals surface area contributed by atoms with Gasteiger partial charge in [-0.25, -0.2) is 0 Å². The van der Waals surface area contributed by atoms with Gasteiger partial charge in [-0.05, 0) is 12.8 Å². The van der Waals surface area contributed by atoms with Crippen LogP contribution in [0, 0.1) is 0 Å². The van der Waals surface area contributed by atoms with E-state index in [1.54, 1.807) is 0 Å². The fraction of sp³-hybridized carbons (Fsp3) is 0.667. The van der Waals surface area contributed by atoms with Crippen molar-refractivity contribution in [2.45, 2.75) is 18.9 Å². The van der Waals surface area contributed by atoms with E-state index in [0.717, 1.165) is 6.42 Å². The summed E-state index contributed by atoms with van der Waals surface area (Å²) in [6.45, 7) is 0.518. The van der Waals surface area contributed by atoms with Crippen LogP contribution in [0.2, 0.25) is 0 Å². The highest BCUT2D eigenvalue weighted by atomic mass is 16.2. The van der Waals surface area contributed by atoms with Crippen molar-refractivity contribution < 1.29 is 20.1 Å². The number of nitrogens with zero attached hydrogens (tertiary/aromatic N) is 1. The maximum atomic E-state index is 11.6. The predicted molar refractivity (Wildman–Crippen MR) is 54.7 cm³/mol. The molecule has 0 saturated carbocycles.